The second-order valence-corrected chi connectivity index (χ2v) is 7.40. The summed E-state index contributed by atoms with van der Waals surface area (Å²) in [4.78, 5) is 26.1. The Bertz CT molecular complexity index is 889. The number of hydrogen-bond donors (Lipinski definition) is 3. The molecule has 1 fully saturated rings. The first-order valence-corrected chi connectivity index (χ1v) is 10.0. The van der Waals surface area contributed by atoms with E-state index >= 15 is 0 Å². The average molecular weight is 416 g/mol. The fraction of sp³-hybridized carbons (Fsp3) is 0.364. The summed E-state index contributed by atoms with van der Waals surface area (Å²) < 4.78 is 27.1. The van der Waals surface area contributed by atoms with E-state index in [0.29, 0.717) is 17.8 Å². The summed E-state index contributed by atoms with van der Waals surface area (Å²) in [5.41, 5.74) is 1.90. The molecular formula is C22H26F2N4O2. The predicted octanol–water partition coefficient (Wildman–Crippen LogP) is 2.97. The maximum absolute atomic E-state index is 14.2. The number of aryl methyl sites for hydroxylation is 1. The van der Waals surface area contributed by atoms with Crippen molar-refractivity contribution >= 4 is 17.6 Å². The van der Waals surface area contributed by atoms with Gasteiger partial charge >= 0.3 is 6.03 Å². The summed E-state index contributed by atoms with van der Waals surface area (Å²) in [6.45, 7) is 3.70. The van der Waals surface area contributed by atoms with Gasteiger partial charge in [0.25, 0.3) is 5.91 Å². The molecule has 2 aromatic rings. The summed E-state index contributed by atoms with van der Waals surface area (Å²) in [5.74, 6) is -1.00. The Kier molecular flexibility index (Phi) is 7.21. The third-order valence-electron chi connectivity index (χ3n) is 5.00. The Morgan fingerprint density at radius 1 is 1.07 bits per heavy atom. The Hall–Kier alpha value is -3.16. The molecule has 1 atom stereocenters. The van der Waals surface area contributed by atoms with Gasteiger partial charge in [0.2, 0.25) is 0 Å². The van der Waals surface area contributed by atoms with Crippen molar-refractivity contribution in [2.24, 2.45) is 0 Å². The summed E-state index contributed by atoms with van der Waals surface area (Å²) in [7, 11) is 0. The highest BCUT2D eigenvalue weighted by Gasteiger charge is 2.23. The van der Waals surface area contributed by atoms with E-state index in [9.17, 15) is 18.4 Å². The highest BCUT2D eigenvalue weighted by atomic mass is 19.1. The molecule has 0 aliphatic carbocycles. The van der Waals surface area contributed by atoms with Gasteiger partial charge in [0.15, 0.2) is 0 Å². The molecule has 160 valence electrons. The van der Waals surface area contributed by atoms with Gasteiger partial charge < -0.3 is 20.9 Å². The molecule has 1 unspecified atom stereocenters. The van der Waals surface area contributed by atoms with Gasteiger partial charge in [0, 0.05) is 37.8 Å². The SMILES string of the molecule is Cc1ccc(F)c(N2CCCC(NC(=O)NCCNC(=O)c3ccc(F)cc3)C2)c1. The molecule has 0 spiro atoms. The summed E-state index contributed by atoms with van der Waals surface area (Å²) in [5, 5.41) is 8.28. The smallest absolute Gasteiger partial charge is 0.315 e. The molecule has 1 aliphatic rings. The molecule has 3 amide bonds. The number of carbonyl (C=O) groups is 2. The van der Waals surface area contributed by atoms with Crippen LogP contribution in [-0.2, 0) is 0 Å². The number of anilines is 1. The minimum atomic E-state index is -0.406. The number of piperidine rings is 1. The molecule has 1 heterocycles. The van der Waals surface area contributed by atoms with E-state index in [1.165, 1.54) is 30.3 Å². The van der Waals surface area contributed by atoms with Crippen molar-refractivity contribution in [1.82, 2.24) is 16.0 Å². The maximum atomic E-state index is 14.2. The fourth-order valence-electron chi connectivity index (χ4n) is 3.47. The number of rotatable bonds is 6. The summed E-state index contributed by atoms with van der Waals surface area (Å²) in [6.07, 6.45) is 1.67. The van der Waals surface area contributed by atoms with Crippen LogP contribution in [0, 0.1) is 18.6 Å². The van der Waals surface area contributed by atoms with E-state index < -0.39 is 5.82 Å². The lowest BCUT2D eigenvalue weighted by Gasteiger charge is -2.35. The van der Waals surface area contributed by atoms with Crippen molar-refractivity contribution in [3.63, 3.8) is 0 Å². The zero-order valence-electron chi connectivity index (χ0n) is 16.9. The molecule has 2 aromatic carbocycles. The van der Waals surface area contributed by atoms with Gasteiger partial charge in [-0.25, -0.2) is 13.6 Å². The van der Waals surface area contributed by atoms with Crippen molar-refractivity contribution in [2.75, 3.05) is 31.1 Å². The topological polar surface area (TPSA) is 73.5 Å². The number of halogens is 2. The highest BCUT2D eigenvalue weighted by molar-refractivity contribution is 5.94. The number of nitrogens with zero attached hydrogens (tertiary/aromatic N) is 1. The quantitative estimate of drug-likeness (QED) is 0.634. The van der Waals surface area contributed by atoms with Crippen molar-refractivity contribution < 1.29 is 18.4 Å². The molecule has 1 saturated heterocycles. The van der Waals surface area contributed by atoms with Crippen LogP contribution in [0.3, 0.4) is 0 Å². The van der Waals surface area contributed by atoms with Crippen LogP contribution in [-0.4, -0.2) is 44.2 Å². The van der Waals surface area contributed by atoms with Gasteiger partial charge in [0.05, 0.1) is 5.69 Å². The lowest BCUT2D eigenvalue weighted by Crippen LogP contribution is -2.51. The van der Waals surface area contributed by atoms with Gasteiger partial charge in [0.1, 0.15) is 11.6 Å². The van der Waals surface area contributed by atoms with E-state index in [4.69, 9.17) is 0 Å². The lowest BCUT2D eigenvalue weighted by atomic mass is 10.0. The number of hydrogen-bond acceptors (Lipinski definition) is 3. The van der Waals surface area contributed by atoms with Crippen LogP contribution in [0.4, 0.5) is 19.3 Å². The van der Waals surface area contributed by atoms with Crippen LogP contribution >= 0.6 is 0 Å². The molecule has 0 saturated carbocycles. The van der Waals surface area contributed by atoms with E-state index in [1.807, 2.05) is 17.9 Å². The zero-order chi connectivity index (χ0) is 21.5. The highest BCUT2D eigenvalue weighted by Crippen LogP contribution is 2.24. The van der Waals surface area contributed by atoms with Gasteiger partial charge in [-0.2, -0.15) is 0 Å². The molecule has 0 radical (unpaired) electrons. The third-order valence-corrected chi connectivity index (χ3v) is 5.00. The molecule has 3 rings (SSSR count). The van der Waals surface area contributed by atoms with Gasteiger partial charge in [-0.1, -0.05) is 6.07 Å². The van der Waals surface area contributed by atoms with Crippen LogP contribution in [0.1, 0.15) is 28.8 Å². The zero-order valence-corrected chi connectivity index (χ0v) is 16.9. The Balaban J connectivity index is 1.40. The average Bonchev–Trinajstić information content (AvgIpc) is 2.73. The first kappa shape index (κ1) is 21.5. The number of benzene rings is 2. The Labute approximate surface area is 174 Å². The van der Waals surface area contributed by atoms with E-state index in [-0.39, 0.29) is 36.9 Å². The van der Waals surface area contributed by atoms with Crippen LogP contribution in [0.25, 0.3) is 0 Å². The van der Waals surface area contributed by atoms with Gasteiger partial charge in [-0.15, -0.1) is 0 Å². The van der Waals surface area contributed by atoms with Crippen molar-refractivity contribution in [3.05, 3.63) is 65.2 Å². The number of carbonyl (C=O) groups excluding carboxylic acids is 2. The van der Waals surface area contributed by atoms with E-state index in [0.717, 1.165) is 24.9 Å². The second kappa shape index (κ2) is 10.0. The lowest BCUT2D eigenvalue weighted by molar-refractivity contribution is 0.0953. The van der Waals surface area contributed by atoms with Crippen LogP contribution in [0.15, 0.2) is 42.5 Å². The molecular weight excluding hydrogens is 390 g/mol. The Morgan fingerprint density at radius 3 is 2.57 bits per heavy atom. The molecule has 0 aromatic heterocycles. The monoisotopic (exact) mass is 416 g/mol. The first-order chi connectivity index (χ1) is 14.4. The molecule has 1 aliphatic heterocycles. The molecule has 6 nitrogen and oxygen atoms in total. The number of nitrogens with one attached hydrogen (secondary N) is 3. The standard InChI is InChI=1S/C22H26F2N4O2/c1-15-4-9-19(24)20(13-15)28-12-2-3-18(14-28)27-22(30)26-11-10-25-21(29)16-5-7-17(23)8-6-16/h4-9,13,18H,2-3,10-12,14H2,1H3,(H,25,29)(H2,26,27,30). The maximum Gasteiger partial charge on any atom is 0.315 e. The third kappa shape index (κ3) is 5.92. The van der Waals surface area contributed by atoms with Gasteiger partial charge in [-0.05, 0) is 61.7 Å². The summed E-state index contributed by atoms with van der Waals surface area (Å²) >= 11 is 0. The molecule has 3 N–H and O–H groups in total. The number of amides is 3. The van der Waals surface area contributed by atoms with E-state index in [1.54, 1.807) is 6.07 Å². The minimum Gasteiger partial charge on any atom is -0.367 e. The summed E-state index contributed by atoms with van der Waals surface area (Å²) in [6, 6.07) is 9.84. The first-order valence-electron chi connectivity index (χ1n) is 10.0. The molecule has 8 heteroatoms. The molecule has 30 heavy (non-hydrogen) atoms. The second-order valence-electron chi connectivity index (χ2n) is 7.40. The largest absolute Gasteiger partial charge is 0.367 e. The van der Waals surface area contributed by atoms with E-state index in [2.05, 4.69) is 16.0 Å². The minimum absolute atomic E-state index is 0.0903. The predicted molar refractivity (Wildman–Crippen MR) is 112 cm³/mol. The van der Waals surface area contributed by atoms with Crippen molar-refractivity contribution in [1.29, 1.82) is 0 Å². The Morgan fingerprint density at radius 2 is 1.80 bits per heavy atom. The number of urea groups is 1. The fourth-order valence-corrected chi connectivity index (χ4v) is 3.47. The molecule has 0 bridgehead atoms. The van der Waals surface area contributed by atoms with Crippen LogP contribution in [0.2, 0.25) is 0 Å². The van der Waals surface area contributed by atoms with Crippen molar-refractivity contribution in [2.45, 2.75) is 25.8 Å². The van der Waals surface area contributed by atoms with Crippen LogP contribution in [0.5, 0.6) is 0 Å². The van der Waals surface area contributed by atoms with Crippen LogP contribution < -0.4 is 20.9 Å². The van der Waals surface area contributed by atoms with Crippen molar-refractivity contribution in [3.8, 4) is 0 Å². The van der Waals surface area contributed by atoms with Gasteiger partial charge in [-0.3, -0.25) is 4.79 Å². The normalized spacial score (nSPS) is 16.1.